The van der Waals surface area contributed by atoms with Crippen molar-refractivity contribution in [1.82, 2.24) is 4.98 Å². The van der Waals surface area contributed by atoms with Gasteiger partial charge in [0.2, 0.25) is 0 Å². The smallest absolute Gasteiger partial charge is 0.142 e. The number of nitrogens with zero attached hydrogens (tertiary/aromatic N) is 1. The van der Waals surface area contributed by atoms with Crippen LogP contribution >= 0.6 is 11.3 Å². The van der Waals surface area contributed by atoms with Crippen LogP contribution < -0.4 is 0 Å². The van der Waals surface area contributed by atoms with Crippen molar-refractivity contribution in [3.05, 3.63) is 22.2 Å². The Kier molecular flexibility index (Phi) is 2.34. The summed E-state index contributed by atoms with van der Waals surface area (Å²) in [5.74, 6) is 0. The second kappa shape index (κ2) is 3.27. The lowest BCUT2D eigenvalue weighted by molar-refractivity contribution is -0.104. The molecule has 1 aromatic heterocycles. The van der Waals surface area contributed by atoms with Crippen LogP contribution in [0.4, 0.5) is 0 Å². The molecule has 0 amide bonds. The van der Waals surface area contributed by atoms with Crippen LogP contribution in [0.5, 0.6) is 0 Å². The SMILES string of the molecule is Cc1scnc1C=CC=O. The number of carbonyl (C=O) groups is 1. The summed E-state index contributed by atoms with van der Waals surface area (Å²) < 4.78 is 0. The van der Waals surface area contributed by atoms with Crippen molar-refractivity contribution in [2.75, 3.05) is 0 Å². The maximum atomic E-state index is 9.90. The van der Waals surface area contributed by atoms with Gasteiger partial charge in [0, 0.05) is 4.88 Å². The fourth-order valence-electron chi connectivity index (χ4n) is 0.604. The molecule has 10 heavy (non-hydrogen) atoms. The molecule has 0 atom stereocenters. The Morgan fingerprint density at radius 3 is 3.00 bits per heavy atom. The van der Waals surface area contributed by atoms with Gasteiger partial charge in [-0.05, 0) is 19.1 Å². The summed E-state index contributed by atoms with van der Waals surface area (Å²) in [5, 5.41) is 0. The van der Waals surface area contributed by atoms with Gasteiger partial charge in [-0.3, -0.25) is 4.79 Å². The molecule has 0 aromatic carbocycles. The molecule has 3 heteroatoms. The Morgan fingerprint density at radius 1 is 1.70 bits per heavy atom. The minimum absolute atomic E-state index is 0.749. The number of carbonyl (C=O) groups excluding carboxylic acids is 1. The molecule has 0 unspecified atom stereocenters. The van der Waals surface area contributed by atoms with Gasteiger partial charge in [0.25, 0.3) is 0 Å². The number of aryl methyl sites for hydroxylation is 1. The first-order chi connectivity index (χ1) is 4.84. The van der Waals surface area contributed by atoms with E-state index in [1.807, 2.05) is 6.92 Å². The molecule has 0 saturated heterocycles. The van der Waals surface area contributed by atoms with Crippen molar-refractivity contribution >= 4 is 23.7 Å². The topological polar surface area (TPSA) is 30.0 Å². The van der Waals surface area contributed by atoms with Gasteiger partial charge in [-0.15, -0.1) is 11.3 Å². The van der Waals surface area contributed by atoms with Crippen LogP contribution in [0.2, 0.25) is 0 Å². The quantitative estimate of drug-likeness (QED) is 0.477. The lowest BCUT2D eigenvalue weighted by Gasteiger charge is -1.82. The van der Waals surface area contributed by atoms with Crippen LogP contribution in [-0.2, 0) is 4.79 Å². The van der Waals surface area contributed by atoms with Crippen molar-refractivity contribution in [3.8, 4) is 0 Å². The van der Waals surface area contributed by atoms with Gasteiger partial charge in [0.1, 0.15) is 6.29 Å². The highest BCUT2D eigenvalue weighted by Crippen LogP contribution is 2.11. The van der Waals surface area contributed by atoms with E-state index in [0.717, 1.165) is 16.9 Å². The van der Waals surface area contributed by atoms with Crippen LogP contribution in [0.25, 0.3) is 6.08 Å². The largest absolute Gasteiger partial charge is 0.299 e. The Labute approximate surface area is 63.2 Å². The number of rotatable bonds is 2. The van der Waals surface area contributed by atoms with E-state index >= 15 is 0 Å². The maximum absolute atomic E-state index is 9.90. The van der Waals surface area contributed by atoms with Gasteiger partial charge in [-0.1, -0.05) is 0 Å². The van der Waals surface area contributed by atoms with E-state index < -0.39 is 0 Å². The molecule has 0 aliphatic rings. The Morgan fingerprint density at radius 2 is 2.50 bits per heavy atom. The van der Waals surface area contributed by atoms with Gasteiger partial charge in [0.15, 0.2) is 0 Å². The summed E-state index contributed by atoms with van der Waals surface area (Å²) in [6.45, 7) is 1.97. The van der Waals surface area contributed by atoms with E-state index in [9.17, 15) is 4.79 Å². The molecule has 0 aliphatic carbocycles. The molecule has 0 bridgehead atoms. The van der Waals surface area contributed by atoms with Crippen molar-refractivity contribution in [1.29, 1.82) is 0 Å². The first-order valence-electron chi connectivity index (χ1n) is 2.86. The predicted molar refractivity (Wildman–Crippen MR) is 41.9 cm³/mol. The van der Waals surface area contributed by atoms with Crippen molar-refractivity contribution in [2.24, 2.45) is 0 Å². The number of thiazole rings is 1. The molecule has 0 radical (unpaired) electrons. The summed E-state index contributed by atoms with van der Waals surface area (Å²) in [6.07, 6.45) is 3.90. The van der Waals surface area contributed by atoms with E-state index in [0.29, 0.717) is 0 Å². The fourth-order valence-corrected chi connectivity index (χ4v) is 1.17. The molecule has 1 aromatic rings. The summed E-state index contributed by atoms with van der Waals surface area (Å²) >= 11 is 1.58. The Balaban J connectivity index is 2.83. The lowest BCUT2D eigenvalue weighted by atomic mass is 10.3. The van der Waals surface area contributed by atoms with Gasteiger partial charge in [-0.2, -0.15) is 0 Å². The Bertz CT molecular complexity index is 252. The van der Waals surface area contributed by atoms with Crippen LogP contribution in [0.15, 0.2) is 11.6 Å². The van der Waals surface area contributed by atoms with Crippen LogP contribution in [0, 0.1) is 6.92 Å². The van der Waals surface area contributed by atoms with E-state index in [1.54, 1.807) is 22.9 Å². The molecule has 2 nitrogen and oxygen atoms in total. The van der Waals surface area contributed by atoms with Gasteiger partial charge >= 0.3 is 0 Å². The predicted octanol–water partition coefficient (Wildman–Crippen LogP) is 1.66. The van der Waals surface area contributed by atoms with E-state index in [2.05, 4.69) is 4.98 Å². The average molecular weight is 153 g/mol. The third kappa shape index (κ3) is 1.51. The number of allylic oxidation sites excluding steroid dienone is 1. The third-order valence-electron chi connectivity index (χ3n) is 1.11. The summed E-state index contributed by atoms with van der Waals surface area (Å²) in [6, 6.07) is 0. The number of aldehydes is 1. The summed E-state index contributed by atoms with van der Waals surface area (Å²) in [5.41, 5.74) is 2.65. The standard InChI is InChI=1S/C7H7NOS/c1-6-7(3-2-4-9)8-5-10-6/h2-5H,1H3. The fraction of sp³-hybridized carbons (Fsp3) is 0.143. The van der Waals surface area contributed by atoms with E-state index in [-0.39, 0.29) is 0 Å². The third-order valence-corrected chi connectivity index (χ3v) is 1.89. The molecule has 1 heterocycles. The molecule has 0 spiro atoms. The highest BCUT2D eigenvalue weighted by Gasteiger charge is 1.93. The van der Waals surface area contributed by atoms with Crippen LogP contribution in [0.1, 0.15) is 10.6 Å². The van der Waals surface area contributed by atoms with Crippen molar-refractivity contribution < 1.29 is 4.79 Å². The number of hydrogen-bond acceptors (Lipinski definition) is 3. The van der Waals surface area contributed by atoms with Crippen molar-refractivity contribution in [3.63, 3.8) is 0 Å². The zero-order chi connectivity index (χ0) is 7.40. The first kappa shape index (κ1) is 7.15. The van der Waals surface area contributed by atoms with Gasteiger partial charge in [-0.25, -0.2) is 4.98 Å². The molecule has 52 valence electrons. The summed E-state index contributed by atoms with van der Waals surface area (Å²) in [7, 11) is 0. The normalized spacial score (nSPS) is 10.5. The molecule has 0 aliphatic heterocycles. The molecule has 0 saturated carbocycles. The minimum atomic E-state index is 0.749. The molecule has 0 N–H and O–H groups in total. The Hall–Kier alpha value is -0.960. The van der Waals surface area contributed by atoms with Gasteiger partial charge < -0.3 is 0 Å². The van der Waals surface area contributed by atoms with Crippen LogP contribution in [-0.4, -0.2) is 11.3 Å². The molecular formula is C7H7NOS. The van der Waals surface area contributed by atoms with Gasteiger partial charge in [0.05, 0.1) is 11.2 Å². The highest BCUT2D eigenvalue weighted by molar-refractivity contribution is 7.09. The zero-order valence-corrected chi connectivity index (χ0v) is 6.39. The molecular weight excluding hydrogens is 146 g/mol. The number of hydrogen-bond donors (Lipinski definition) is 0. The van der Waals surface area contributed by atoms with E-state index in [1.165, 1.54) is 6.08 Å². The second-order valence-corrected chi connectivity index (χ2v) is 2.85. The average Bonchev–Trinajstić information content (AvgIpc) is 2.31. The molecule has 0 fully saturated rings. The zero-order valence-electron chi connectivity index (χ0n) is 5.57. The maximum Gasteiger partial charge on any atom is 0.142 e. The first-order valence-corrected chi connectivity index (χ1v) is 3.74. The van der Waals surface area contributed by atoms with E-state index in [4.69, 9.17) is 0 Å². The summed E-state index contributed by atoms with van der Waals surface area (Å²) in [4.78, 5) is 15.1. The minimum Gasteiger partial charge on any atom is -0.299 e. The second-order valence-electron chi connectivity index (χ2n) is 1.79. The lowest BCUT2D eigenvalue weighted by Crippen LogP contribution is -1.72. The number of aromatic nitrogens is 1. The van der Waals surface area contributed by atoms with Crippen LogP contribution in [0.3, 0.4) is 0 Å². The highest BCUT2D eigenvalue weighted by atomic mass is 32.1. The molecule has 1 rings (SSSR count). The monoisotopic (exact) mass is 153 g/mol. The van der Waals surface area contributed by atoms with Crippen molar-refractivity contribution in [2.45, 2.75) is 6.92 Å².